The van der Waals surface area contributed by atoms with Crippen molar-refractivity contribution in [1.82, 2.24) is 4.90 Å². The summed E-state index contributed by atoms with van der Waals surface area (Å²) >= 11 is 0. The second-order valence-electron chi connectivity index (χ2n) is 2.84. The van der Waals surface area contributed by atoms with Gasteiger partial charge in [0.2, 0.25) is 0 Å². The lowest BCUT2D eigenvalue weighted by Crippen LogP contribution is -2.31. The quantitative estimate of drug-likeness (QED) is 0.664. The van der Waals surface area contributed by atoms with Gasteiger partial charge in [-0.3, -0.25) is 4.90 Å². The van der Waals surface area contributed by atoms with Crippen LogP contribution in [0.2, 0.25) is 0 Å². The van der Waals surface area contributed by atoms with E-state index < -0.39 is 19.4 Å². The molecule has 1 rings (SSSR count). The standard InChI is InChI=1S/C13H17N/c1-4-10-14(3)12(2)11-13-8-6-5-7-9-13/h1,5-9,12H,10-11H2,2-3H3/t12-/m0/s1/i1D,3D3,11D2,12D. The number of benzene rings is 1. The van der Waals surface area contributed by atoms with E-state index in [4.69, 9.17) is 9.60 Å². The van der Waals surface area contributed by atoms with Gasteiger partial charge in [0, 0.05) is 14.2 Å². The Morgan fingerprint density at radius 2 is 2.50 bits per heavy atom. The van der Waals surface area contributed by atoms with Crippen LogP contribution in [-0.4, -0.2) is 24.4 Å². The molecule has 1 heteroatoms. The third-order valence-electron chi connectivity index (χ3n) is 1.74. The van der Waals surface area contributed by atoms with Crippen molar-refractivity contribution in [3.63, 3.8) is 0 Å². The van der Waals surface area contributed by atoms with E-state index in [1.54, 1.807) is 18.2 Å². The van der Waals surface area contributed by atoms with Crippen molar-refractivity contribution in [1.29, 1.82) is 0 Å². The van der Waals surface area contributed by atoms with Crippen LogP contribution in [0.4, 0.5) is 0 Å². The summed E-state index contributed by atoms with van der Waals surface area (Å²) in [6.45, 7) is -1.87. The van der Waals surface area contributed by atoms with E-state index in [0.29, 0.717) is 4.90 Å². The molecule has 1 nitrogen and oxygen atoms in total. The Labute approximate surface area is 96.6 Å². The van der Waals surface area contributed by atoms with E-state index in [9.17, 15) is 0 Å². The van der Waals surface area contributed by atoms with E-state index in [2.05, 4.69) is 5.92 Å². The molecule has 0 unspecified atom stereocenters. The van der Waals surface area contributed by atoms with Crippen LogP contribution < -0.4 is 0 Å². The molecule has 0 amide bonds. The normalized spacial score (nSPS) is 23.4. The first-order chi connectivity index (χ1) is 9.55. The summed E-state index contributed by atoms with van der Waals surface area (Å²) in [6.07, 6.45) is -0.394. The van der Waals surface area contributed by atoms with Gasteiger partial charge in [-0.05, 0) is 25.8 Å². The van der Waals surface area contributed by atoms with Crippen molar-refractivity contribution in [2.24, 2.45) is 0 Å². The minimum Gasteiger partial charge on any atom is -0.292 e. The zero-order valence-corrected chi connectivity index (χ0v) is 8.04. The molecule has 74 valence electrons. The molecule has 1 aromatic rings. The summed E-state index contributed by atoms with van der Waals surface area (Å²) in [5, 5.41) is 0. The van der Waals surface area contributed by atoms with Crippen LogP contribution >= 0.6 is 0 Å². The maximum absolute atomic E-state index is 8.32. The molecule has 0 aromatic heterocycles. The molecule has 0 fully saturated rings. The van der Waals surface area contributed by atoms with Crippen LogP contribution in [0, 0.1) is 12.3 Å². The Bertz CT molecular complexity index is 525. The van der Waals surface area contributed by atoms with Crippen molar-refractivity contribution in [2.75, 3.05) is 13.5 Å². The van der Waals surface area contributed by atoms with Gasteiger partial charge in [0.1, 0.15) is 1.37 Å². The number of hydrogen-bond donors (Lipinski definition) is 0. The molecule has 0 aliphatic rings. The van der Waals surface area contributed by atoms with Gasteiger partial charge in [-0.15, -0.1) is 6.40 Å². The maximum Gasteiger partial charge on any atom is 0.124 e. The van der Waals surface area contributed by atoms with E-state index in [1.165, 1.54) is 19.1 Å². The third kappa shape index (κ3) is 3.24. The minimum atomic E-state index is -2.69. The van der Waals surface area contributed by atoms with Gasteiger partial charge >= 0.3 is 0 Å². The Hall–Kier alpha value is -1.26. The van der Waals surface area contributed by atoms with Gasteiger partial charge in [0.25, 0.3) is 0 Å². The van der Waals surface area contributed by atoms with E-state index in [-0.39, 0.29) is 12.1 Å². The van der Waals surface area contributed by atoms with Crippen LogP contribution in [0.5, 0.6) is 0 Å². The molecule has 1 aromatic carbocycles. The Morgan fingerprint density at radius 3 is 3.14 bits per heavy atom. The minimum absolute atomic E-state index is 0.218. The molecule has 0 radical (unpaired) electrons. The highest BCUT2D eigenvalue weighted by molar-refractivity contribution is 5.15. The summed E-state index contributed by atoms with van der Waals surface area (Å²) in [6, 6.07) is 5.93. The fourth-order valence-electron chi connectivity index (χ4n) is 0.995. The molecule has 0 bridgehead atoms. The number of likely N-dealkylation sites (N-methyl/N-ethyl adjacent to an activating group) is 1. The summed E-state index contributed by atoms with van der Waals surface area (Å²) in [5.41, 5.74) is 0.218. The zero-order valence-electron chi connectivity index (χ0n) is 15.0. The number of rotatable bonds is 4. The van der Waals surface area contributed by atoms with Crippen molar-refractivity contribution in [3.8, 4) is 12.3 Å². The van der Waals surface area contributed by atoms with Gasteiger partial charge in [0.15, 0.2) is 0 Å². The van der Waals surface area contributed by atoms with Crippen LogP contribution in [0.1, 0.15) is 22.1 Å². The van der Waals surface area contributed by atoms with Crippen molar-refractivity contribution in [2.45, 2.75) is 19.3 Å². The predicted molar refractivity (Wildman–Crippen MR) is 61.1 cm³/mol. The van der Waals surface area contributed by atoms with Gasteiger partial charge in [-0.1, -0.05) is 36.3 Å². The van der Waals surface area contributed by atoms with Gasteiger partial charge in [-0.2, -0.15) is 0 Å². The van der Waals surface area contributed by atoms with Gasteiger partial charge < -0.3 is 0 Å². The molecule has 1 atom stereocenters. The number of hydrogen-bond acceptors (Lipinski definition) is 1. The summed E-state index contributed by atoms with van der Waals surface area (Å²) in [7, 11) is 0. The Kier molecular flexibility index (Phi) is 1.76. The highest BCUT2D eigenvalue weighted by Gasteiger charge is 2.07. The number of terminal acetylenes is 1. The van der Waals surface area contributed by atoms with Crippen LogP contribution in [0.3, 0.4) is 0 Å². The van der Waals surface area contributed by atoms with Gasteiger partial charge in [-0.25, -0.2) is 0 Å². The molecular formula is C13H17N. The molecule has 14 heavy (non-hydrogen) atoms. The van der Waals surface area contributed by atoms with Crippen molar-refractivity contribution in [3.05, 3.63) is 35.9 Å². The fraction of sp³-hybridized carbons (Fsp3) is 0.385. The summed E-state index contributed by atoms with van der Waals surface area (Å²) < 4.78 is 54.1. The summed E-state index contributed by atoms with van der Waals surface area (Å²) in [5.74, 6) is 2.28. The highest BCUT2D eigenvalue weighted by Crippen LogP contribution is 2.06. The topological polar surface area (TPSA) is 3.24 Å². The average Bonchev–Trinajstić information content (AvgIpc) is 2.38. The Balaban J connectivity index is 3.29. The van der Waals surface area contributed by atoms with Crippen LogP contribution in [0.15, 0.2) is 30.3 Å². The highest BCUT2D eigenvalue weighted by atomic mass is 15.1. The molecule has 0 saturated carbocycles. The third-order valence-corrected chi connectivity index (χ3v) is 1.74. The average molecular weight is 194 g/mol. The molecule has 0 spiro atoms. The SMILES string of the molecule is [2H]C#CCN(C([2H])([2H])[2H])[C@@]([2H])(C)C([2H])([2H])c1ccccc1. The predicted octanol–water partition coefficient (Wildman–Crippen LogP) is 2.18. The molecule has 0 aliphatic carbocycles. The monoisotopic (exact) mass is 194 g/mol. The summed E-state index contributed by atoms with van der Waals surface area (Å²) in [4.78, 5) is 0.689. The lowest BCUT2D eigenvalue weighted by atomic mass is 10.1. The first kappa shape index (κ1) is 4.51. The molecule has 0 N–H and O–H groups in total. The fourth-order valence-corrected chi connectivity index (χ4v) is 0.995. The maximum atomic E-state index is 8.32. The molecule has 0 saturated heterocycles. The van der Waals surface area contributed by atoms with Crippen molar-refractivity contribution < 1.29 is 9.60 Å². The largest absolute Gasteiger partial charge is 0.292 e. The van der Waals surface area contributed by atoms with E-state index >= 15 is 0 Å². The Morgan fingerprint density at radius 1 is 1.71 bits per heavy atom. The van der Waals surface area contributed by atoms with E-state index in [1.807, 2.05) is 6.40 Å². The molecular weight excluding hydrogens is 170 g/mol. The first-order valence-electron chi connectivity index (χ1n) is 7.78. The van der Waals surface area contributed by atoms with Crippen LogP contribution in [-0.2, 0) is 6.37 Å². The van der Waals surface area contributed by atoms with Crippen LogP contribution in [0.25, 0.3) is 0 Å². The zero-order chi connectivity index (χ0) is 16.3. The van der Waals surface area contributed by atoms with E-state index in [0.717, 1.165) is 0 Å². The smallest absolute Gasteiger partial charge is 0.124 e. The first-order valence-corrected chi connectivity index (χ1v) is 4.28. The second-order valence-corrected chi connectivity index (χ2v) is 2.84. The lowest BCUT2D eigenvalue weighted by molar-refractivity contribution is 0.287. The number of nitrogens with zero attached hydrogens (tertiary/aromatic N) is 1. The molecule has 0 aliphatic heterocycles. The van der Waals surface area contributed by atoms with Gasteiger partial charge in [0.05, 0.1) is 6.54 Å². The second kappa shape index (κ2) is 5.47. The molecule has 0 heterocycles. The van der Waals surface area contributed by atoms with Crippen molar-refractivity contribution >= 4 is 0 Å². The lowest BCUT2D eigenvalue weighted by Gasteiger charge is -2.22.